The number of aromatic nitrogens is 1. The van der Waals surface area contributed by atoms with Gasteiger partial charge in [0, 0.05) is 18.7 Å². The minimum atomic E-state index is -0.298. The van der Waals surface area contributed by atoms with Crippen molar-refractivity contribution in [1.29, 1.82) is 0 Å². The van der Waals surface area contributed by atoms with Crippen LogP contribution in [0.1, 0.15) is 63.1 Å². The maximum Gasteiger partial charge on any atom is 0.410 e. The molecule has 31 heavy (non-hydrogen) atoms. The molecular weight excluding hydrogens is 432 g/mol. The zero-order valence-electron chi connectivity index (χ0n) is 18.5. The average Bonchev–Trinajstić information content (AvgIpc) is 3.55. The fourth-order valence-electron chi connectivity index (χ4n) is 4.18. The molecule has 2 aromatic rings. The van der Waals surface area contributed by atoms with E-state index in [0.717, 1.165) is 40.4 Å². The second kappa shape index (κ2) is 9.78. The van der Waals surface area contributed by atoms with Crippen molar-refractivity contribution in [2.75, 3.05) is 7.05 Å². The van der Waals surface area contributed by atoms with Gasteiger partial charge in [0.05, 0.1) is 26.7 Å². The Balaban J connectivity index is 1.43. The van der Waals surface area contributed by atoms with Crippen LogP contribution in [0.5, 0.6) is 5.75 Å². The minimum Gasteiger partial charge on any atom is -0.489 e. The van der Waals surface area contributed by atoms with Gasteiger partial charge in [0.2, 0.25) is 0 Å². The first kappa shape index (κ1) is 22.4. The van der Waals surface area contributed by atoms with E-state index in [-0.39, 0.29) is 18.7 Å². The second-order valence-corrected chi connectivity index (χ2v) is 10.5. The highest BCUT2D eigenvalue weighted by molar-refractivity contribution is 7.19. The predicted octanol–water partition coefficient (Wildman–Crippen LogP) is 6.85. The van der Waals surface area contributed by atoms with Crippen molar-refractivity contribution >= 4 is 29.0 Å². The van der Waals surface area contributed by atoms with Crippen LogP contribution in [0, 0.1) is 12.8 Å². The van der Waals surface area contributed by atoms with E-state index in [1.807, 2.05) is 32.2 Å². The number of carbonyl (C=O) groups is 1. The maximum atomic E-state index is 12.5. The van der Waals surface area contributed by atoms with Crippen LogP contribution in [0.3, 0.4) is 0 Å². The largest absolute Gasteiger partial charge is 0.489 e. The number of hydrogen-bond acceptors (Lipinski definition) is 5. The number of halogens is 1. The number of thiophene rings is 1. The van der Waals surface area contributed by atoms with E-state index in [9.17, 15) is 4.79 Å². The molecule has 0 spiro atoms. The Bertz CT molecular complexity index is 922. The average molecular weight is 463 g/mol. The lowest BCUT2D eigenvalue weighted by molar-refractivity contribution is 0.0903. The van der Waals surface area contributed by atoms with Crippen LogP contribution in [0.15, 0.2) is 18.2 Å². The molecule has 5 nitrogen and oxygen atoms in total. The van der Waals surface area contributed by atoms with Crippen molar-refractivity contribution in [2.24, 2.45) is 5.92 Å². The number of ether oxygens (including phenoxy) is 2. The summed E-state index contributed by atoms with van der Waals surface area (Å²) in [6.07, 6.45) is 8.38. The molecule has 1 unspecified atom stereocenters. The van der Waals surface area contributed by atoms with Gasteiger partial charge in [-0.05, 0) is 76.5 Å². The Morgan fingerprint density at radius 3 is 2.68 bits per heavy atom. The Kier molecular flexibility index (Phi) is 7.07. The van der Waals surface area contributed by atoms with Gasteiger partial charge >= 0.3 is 6.09 Å². The standard InChI is InChI=1S/C24H31ClN2O3S/c1-15-21(30-19-7-5-4-6-8-19)12-11-20(26-15)23-18(13-22(25)31-23)14-29-24(28)27(3)16(2)17-9-10-17/h11-13,16-17,19H,4-10,14H2,1-3H3. The molecule has 2 saturated carbocycles. The number of hydrogen-bond donors (Lipinski definition) is 0. The van der Waals surface area contributed by atoms with Gasteiger partial charge in [-0.2, -0.15) is 0 Å². The molecule has 0 radical (unpaired) electrons. The SMILES string of the molecule is Cc1nc(-c2sc(Cl)cc2COC(=O)N(C)C(C)C2CC2)ccc1OC1CCCCC1. The molecule has 0 bridgehead atoms. The molecule has 2 aliphatic carbocycles. The molecule has 2 aliphatic rings. The lowest BCUT2D eigenvalue weighted by atomic mass is 9.98. The summed E-state index contributed by atoms with van der Waals surface area (Å²) >= 11 is 7.76. The van der Waals surface area contributed by atoms with Crippen molar-refractivity contribution < 1.29 is 14.3 Å². The van der Waals surface area contributed by atoms with Crippen LogP contribution >= 0.6 is 22.9 Å². The zero-order chi connectivity index (χ0) is 22.0. The van der Waals surface area contributed by atoms with E-state index in [2.05, 4.69) is 6.92 Å². The lowest BCUT2D eigenvalue weighted by Gasteiger charge is -2.24. The van der Waals surface area contributed by atoms with Crippen LogP contribution in [0.2, 0.25) is 4.34 Å². The summed E-state index contributed by atoms with van der Waals surface area (Å²) in [5.74, 6) is 1.45. The summed E-state index contributed by atoms with van der Waals surface area (Å²) < 4.78 is 12.5. The van der Waals surface area contributed by atoms with Crippen molar-refractivity contribution in [2.45, 2.75) is 77.5 Å². The van der Waals surface area contributed by atoms with Gasteiger partial charge in [0.1, 0.15) is 12.4 Å². The van der Waals surface area contributed by atoms with Gasteiger partial charge in [-0.25, -0.2) is 9.78 Å². The third-order valence-corrected chi connectivity index (χ3v) is 7.78. The first-order valence-corrected chi connectivity index (χ1v) is 12.4. The van der Waals surface area contributed by atoms with Crippen molar-refractivity contribution in [3.05, 3.63) is 33.8 Å². The lowest BCUT2D eigenvalue weighted by Crippen LogP contribution is -2.36. The molecule has 2 fully saturated rings. The predicted molar refractivity (Wildman–Crippen MR) is 125 cm³/mol. The molecule has 1 amide bonds. The van der Waals surface area contributed by atoms with Crippen molar-refractivity contribution in [1.82, 2.24) is 9.88 Å². The molecule has 0 aliphatic heterocycles. The molecule has 7 heteroatoms. The van der Waals surface area contributed by atoms with Gasteiger partial charge in [-0.15, -0.1) is 11.3 Å². The van der Waals surface area contributed by atoms with Crippen molar-refractivity contribution in [3.63, 3.8) is 0 Å². The highest BCUT2D eigenvalue weighted by atomic mass is 35.5. The first-order chi connectivity index (χ1) is 14.9. The Hall–Kier alpha value is -1.79. The zero-order valence-corrected chi connectivity index (χ0v) is 20.1. The van der Waals surface area contributed by atoms with Crippen LogP contribution in [-0.2, 0) is 11.3 Å². The summed E-state index contributed by atoms with van der Waals surface area (Å²) in [6, 6.07) is 6.04. The summed E-state index contributed by atoms with van der Waals surface area (Å²) in [5, 5.41) is 0. The molecule has 1 atom stereocenters. The van der Waals surface area contributed by atoms with Crippen LogP contribution < -0.4 is 4.74 Å². The van der Waals surface area contributed by atoms with Crippen LogP contribution in [0.25, 0.3) is 10.6 Å². The van der Waals surface area contributed by atoms with E-state index in [0.29, 0.717) is 16.4 Å². The Morgan fingerprint density at radius 2 is 2.00 bits per heavy atom. The topological polar surface area (TPSA) is 51.7 Å². The molecule has 0 aromatic carbocycles. The number of aryl methyl sites for hydroxylation is 1. The number of amides is 1. The Morgan fingerprint density at radius 1 is 1.26 bits per heavy atom. The molecule has 2 aromatic heterocycles. The summed E-state index contributed by atoms with van der Waals surface area (Å²) in [4.78, 5) is 19.9. The Labute approximate surface area is 193 Å². The molecule has 4 rings (SSSR count). The van der Waals surface area contributed by atoms with Gasteiger partial charge in [0.15, 0.2) is 0 Å². The molecule has 0 N–H and O–H groups in total. The third kappa shape index (κ3) is 5.53. The van der Waals surface area contributed by atoms with Crippen LogP contribution in [-0.4, -0.2) is 35.2 Å². The highest BCUT2D eigenvalue weighted by Crippen LogP contribution is 2.37. The fourth-order valence-corrected chi connectivity index (χ4v) is 5.41. The van der Waals surface area contributed by atoms with E-state index in [4.69, 9.17) is 26.1 Å². The van der Waals surface area contributed by atoms with Gasteiger partial charge < -0.3 is 14.4 Å². The molecule has 168 valence electrons. The van der Waals surface area contributed by atoms with Crippen LogP contribution in [0.4, 0.5) is 4.79 Å². The van der Waals surface area contributed by atoms with Gasteiger partial charge in [-0.3, -0.25) is 0 Å². The highest BCUT2D eigenvalue weighted by Gasteiger charge is 2.33. The summed E-state index contributed by atoms with van der Waals surface area (Å²) in [7, 11) is 1.81. The summed E-state index contributed by atoms with van der Waals surface area (Å²) in [6.45, 7) is 4.24. The van der Waals surface area contributed by atoms with E-state index in [1.165, 1.54) is 43.4 Å². The fraction of sp³-hybridized carbons (Fsp3) is 0.583. The smallest absolute Gasteiger partial charge is 0.410 e. The maximum absolute atomic E-state index is 12.5. The normalized spacial score (nSPS) is 17.9. The van der Waals surface area contributed by atoms with E-state index < -0.39 is 0 Å². The number of rotatable bonds is 7. The minimum absolute atomic E-state index is 0.181. The van der Waals surface area contributed by atoms with Crippen molar-refractivity contribution in [3.8, 4) is 16.3 Å². The summed E-state index contributed by atoms with van der Waals surface area (Å²) in [5.41, 5.74) is 2.58. The second-order valence-electron chi connectivity index (χ2n) is 8.81. The quantitative estimate of drug-likeness (QED) is 0.451. The molecule has 2 heterocycles. The van der Waals surface area contributed by atoms with Gasteiger partial charge in [-0.1, -0.05) is 18.0 Å². The number of pyridine rings is 1. The van der Waals surface area contributed by atoms with Gasteiger partial charge in [0.25, 0.3) is 0 Å². The van der Waals surface area contributed by atoms with E-state index in [1.54, 1.807) is 4.90 Å². The monoisotopic (exact) mass is 462 g/mol. The molecule has 0 saturated heterocycles. The molecular formula is C24H31ClN2O3S. The van der Waals surface area contributed by atoms with E-state index >= 15 is 0 Å². The number of carbonyl (C=O) groups excluding carboxylic acids is 1. The first-order valence-electron chi connectivity index (χ1n) is 11.2. The third-order valence-electron chi connectivity index (χ3n) is 6.45. The number of nitrogens with zero attached hydrogens (tertiary/aromatic N) is 2.